The van der Waals surface area contributed by atoms with Crippen molar-refractivity contribution in [2.45, 2.75) is 31.1 Å². The molecule has 0 aromatic heterocycles. The molecule has 1 aromatic carbocycles. The lowest BCUT2D eigenvalue weighted by atomic mass is 9.74. The number of amides is 1. The van der Waals surface area contributed by atoms with Crippen molar-refractivity contribution >= 4 is 17.6 Å². The molecule has 6 nitrogen and oxygen atoms in total. The summed E-state index contributed by atoms with van der Waals surface area (Å²) in [5, 5.41) is 11.7. The number of fused-ring (bicyclic) bond motifs is 1. The van der Waals surface area contributed by atoms with Gasteiger partial charge in [0.05, 0.1) is 25.2 Å². The zero-order valence-corrected chi connectivity index (χ0v) is 14.7. The predicted octanol–water partition coefficient (Wildman–Crippen LogP) is 1.07. The molecule has 6 heteroatoms. The first-order valence-electron chi connectivity index (χ1n) is 8.58. The number of hydrogen-bond acceptors (Lipinski definition) is 5. The third-order valence-electron chi connectivity index (χ3n) is 5.59. The SMILES string of the molecule is C=C(C)C[C@H]1N(c2ccc(OC)cc2)C(=O)[C@H]2[C@@H](C(=O)[O-])[C@H]3C=C[C@]21O3. The van der Waals surface area contributed by atoms with Crippen molar-refractivity contribution in [3.05, 3.63) is 48.6 Å². The van der Waals surface area contributed by atoms with Gasteiger partial charge in [-0.15, -0.1) is 6.58 Å². The molecule has 0 saturated carbocycles. The van der Waals surface area contributed by atoms with Gasteiger partial charge in [-0.3, -0.25) is 4.79 Å². The van der Waals surface area contributed by atoms with Crippen molar-refractivity contribution in [2.75, 3.05) is 12.0 Å². The maximum atomic E-state index is 13.3. The van der Waals surface area contributed by atoms with Gasteiger partial charge in [0.25, 0.3) is 0 Å². The number of rotatable bonds is 5. The molecule has 0 aliphatic carbocycles. The third-order valence-corrected chi connectivity index (χ3v) is 5.59. The van der Waals surface area contributed by atoms with Crippen LogP contribution in [0.25, 0.3) is 0 Å². The number of carbonyl (C=O) groups is 2. The topological polar surface area (TPSA) is 78.9 Å². The molecule has 1 spiro atoms. The van der Waals surface area contributed by atoms with Crippen LogP contribution in [0.3, 0.4) is 0 Å². The van der Waals surface area contributed by atoms with Crippen molar-refractivity contribution in [2.24, 2.45) is 11.8 Å². The Morgan fingerprint density at radius 2 is 2.08 bits per heavy atom. The van der Waals surface area contributed by atoms with Gasteiger partial charge in [-0.2, -0.15) is 0 Å². The van der Waals surface area contributed by atoms with Crippen LogP contribution in [-0.2, 0) is 14.3 Å². The predicted molar refractivity (Wildman–Crippen MR) is 92.4 cm³/mol. The summed E-state index contributed by atoms with van der Waals surface area (Å²) in [6.07, 6.45) is 3.51. The Morgan fingerprint density at radius 3 is 2.65 bits per heavy atom. The highest BCUT2D eigenvalue weighted by molar-refractivity contribution is 6.03. The largest absolute Gasteiger partial charge is 0.550 e. The standard InChI is InChI=1S/C20H21NO5/c1-11(2)10-15-20-9-8-14(26-20)16(19(23)24)17(20)18(22)21(15)12-4-6-13(25-3)7-5-12/h4-9,14-17H,1,10H2,2-3H3,(H,23,24)/p-1/t14-,15-,16+,17-,20-/m1/s1. The van der Waals surface area contributed by atoms with Crippen molar-refractivity contribution in [1.29, 1.82) is 0 Å². The van der Waals surface area contributed by atoms with E-state index in [9.17, 15) is 14.7 Å². The average Bonchev–Trinajstić information content (AvgIpc) is 3.24. The Labute approximate surface area is 151 Å². The van der Waals surface area contributed by atoms with Crippen molar-refractivity contribution in [3.8, 4) is 5.75 Å². The van der Waals surface area contributed by atoms with E-state index in [0.717, 1.165) is 5.57 Å². The maximum absolute atomic E-state index is 13.3. The Morgan fingerprint density at radius 1 is 1.38 bits per heavy atom. The first-order chi connectivity index (χ1) is 12.4. The van der Waals surface area contributed by atoms with Gasteiger partial charge in [0.2, 0.25) is 5.91 Å². The van der Waals surface area contributed by atoms with E-state index in [1.54, 1.807) is 42.4 Å². The zero-order valence-electron chi connectivity index (χ0n) is 14.7. The molecule has 1 amide bonds. The minimum atomic E-state index is -1.25. The van der Waals surface area contributed by atoms with Gasteiger partial charge in [0.15, 0.2) is 0 Å². The quantitative estimate of drug-likeness (QED) is 0.739. The summed E-state index contributed by atoms with van der Waals surface area (Å²) >= 11 is 0. The minimum absolute atomic E-state index is 0.248. The molecule has 3 heterocycles. The molecule has 0 N–H and O–H groups in total. The van der Waals surface area contributed by atoms with Crippen LogP contribution in [0.5, 0.6) is 5.75 Å². The van der Waals surface area contributed by atoms with E-state index >= 15 is 0 Å². The normalized spacial score (nSPS) is 34.2. The number of carboxylic acid groups (broad SMARTS) is 1. The molecule has 4 rings (SSSR count). The highest BCUT2D eigenvalue weighted by Crippen LogP contribution is 2.56. The Balaban J connectivity index is 1.81. The van der Waals surface area contributed by atoms with E-state index in [2.05, 4.69) is 6.58 Å². The molecule has 136 valence electrons. The molecule has 1 aromatic rings. The number of hydrogen-bond donors (Lipinski definition) is 0. The molecule has 2 fully saturated rings. The van der Waals surface area contributed by atoms with Gasteiger partial charge in [0.1, 0.15) is 11.4 Å². The van der Waals surface area contributed by atoms with E-state index in [1.807, 2.05) is 13.0 Å². The Kier molecular flexibility index (Phi) is 3.70. The summed E-state index contributed by atoms with van der Waals surface area (Å²) < 4.78 is 11.3. The molecule has 3 aliphatic rings. The number of aliphatic carboxylic acids is 1. The summed E-state index contributed by atoms with van der Waals surface area (Å²) in [5.41, 5.74) is 0.628. The number of anilines is 1. The second-order valence-electron chi connectivity index (χ2n) is 7.20. The smallest absolute Gasteiger partial charge is 0.234 e. The van der Waals surface area contributed by atoms with Crippen LogP contribution in [-0.4, -0.2) is 36.7 Å². The van der Waals surface area contributed by atoms with E-state index in [0.29, 0.717) is 17.9 Å². The fourth-order valence-electron chi connectivity index (χ4n) is 4.55. The number of carboxylic acids is 1. The van der Waals surface area contributed by atoms with Crippen molar-refractivity contribution in [3.63, 3.8) is 0 Å². The summed E-state index contributed by atoms with van der Waals surface area (Å²) in [6.45, 7) is 5.87. The summed E-state index contributed by atoms with van der Waals surface area (Å²) in [4.78, 5) is 26.6. The monoisotopic (exact) mass is 354 g/mol. The van der Waals surface area contributed by atoms with Gasteiger partial charge in [-0.1, -0.05) is 17.7 Å². The second-order valence-corrected chi connectivity index (χ2v) is 7.20. The van der Waals surface area contributed by atoms with Crippen LogP contribution in [0.15, 0.2) is 48.6 Å². The number of benzene rings is 1. The zero-order chi connectivity index (χ0) is 18.6. The fourth-order valence-corrected chi connectivity index (χ4v) is 4.55. The lowest BCUT2D eigenvalue weighted by Gasteiger charge is -2.33. The van der Waals surface area contributed by atoms with Gasteiger partial charge >= 0.3 is 0 Å². The van der Waals surface area contributed by atoms with Crippen LogP contribution in [0.2, 0.25) is 0 Å². The lowest BCUT2D eigenvalue weighted by molar-refractivity contribution is -0.313. The number of nitrogens with zero attached hydrogens (tertiary/aromatic N) is 1. The van der Waals surface area contributed by atoms with Gasteiger partial charge in [-0.25, -0.2) is 0 Å². The first kappa shape index (κ1) is 16.8. The van der Waals surface area contributed by atoms with Crippen LogP contribution in [0.4, 0.5) is 5.69 Å². The lowest BCUT2D eigenvalue weighted by Crippen LogP contribution is -2.46. The van der Waals surface area contributed by atoms with Crippen molar-refractivity contribution in [1.82, 2.24) is 0 Å². The van der Waals surface area contributed by atoms with E-state index in [-0.39, 0.29) is 11.9 Å². The van der Waals surface area contributed by atoms with Crippen LogP contribution in [0, 0.1) is 11.8 Å². The van der Waals surface area contributed by atoms with Gasteiger partial charge in [-0.05, 0) is 37.6 Å². The van der Waals surface area contributed by atoms with Crippen molar-refractivity contribution < 1.29 is 24.2 Å². The summed E-state index contributed by atoms with van der Waals surface area (Å²) in [5.74, 6) is -2.56. The fraction of sp³-hybridized carbons (Fsp3) is 0.400. The third kappa shape index (κ3) is 2.15. The number of methoxy groups -OCH3 is 1. The van der Waals surface area contributed by atoms with Crippen LogP contribution < -0.4 is 14.7 Å². The maximum Gasteiger partial charge on any atom is 0.234 e. The molecule has 0 radical (unpaired) electrons. The van der Waals surface area contributed by atoms with E-state index in [1.165, 1.54) is 0 Å². The highest BCUT2D eigenvalue weighted by Gasteiger charge is 2.69. The molecule has 3 aliphatic heterocycles. The number of carbonyl (C=O) groups excluding carboxylic acids is 2. The summed E-state index contributed by atoms with van der Waals surface area (Å²) in [7, 11) is 1.57. The molecular weight excluding hydrogens is 334 g/mol. The van der Waals surface area contributed by atoms with E-state index in [4.69, 9.17) is 9.47 Å². The highest BCUT2D eigenvalue weighted by atomic mass is 16.5. The Hall–Kier alpha value is -2.60. The second kappa shape index (κ2) is 5.71. The van der Waals surface area contributed by atoms with Gasteiger partial charge in [0, 0.05) is 17.6 Å². The molecule has 2 bridgehead atoms. The Bertz CT molecular complexity index is 814. The molecular formula is C20H20NO5-. The van der Waals surface area contributed by atoms with E-state index < -0.39 is 29.5 Å². The van der Waals surface area contributed by atoms with Crippen LogP contribution in [0.1, 0.15) is 13.3 Å². The molecule has 5 atom stereocenters. The molecule has 2 saturated heterocycles. The van der Waals surface area contributed by atoms with Gasteiger partial charge < -0.3 is 24.3 Å². The average molecular weight is 354 g/mol. The minimum Gasteiger partial charge on any atom is -0.550 e. The molecule has 0 unspecified atom stereocenters. The molecule has 26 heavy (non-hydrogen) atoms. The van der Waals surface area contributed by atoms with Crippen LogP contribution >= 0.6 is 0 Å². The summed E-state index contributed by atoms with van der Waals surface area (Å²) in [6, 6.07) is 6.79. The first-order valence-corrected chi connectivity index (χ1v) is 8.58. The number of ether oxygens (including phenoxy) is 2.